The molecule has 1 aliphatic rings. The molecule has 38 heavy (non-hydrogen) atoms. The predicted octanol–water partition coefficient (Wildman–Crippen LogP) is 4.42. The van der Waals surface area contributed by atoms with Crippen molar-refractivity contribution < 1.29 is 19.3 Å². The third-order valence-electron chi connectivity index (χ3n) is 7.03. The number of aliphatic hydroxyl groups is 1. The number of nitrogens with zero attached hydrogens (tertiary/aromatic N) is 3. The van der Waals surface area contributed by atoms with Crippen molar-refractivity contribution in [3.05, 3.63) is 78.4 Å². The number of methoxy groups -OCH3 is 2. The van der Waals surface area contributed by atoms with Crippen LogP contribution in [0, 0.1) is 0 Å². The Labute approximate surface area is 223 Å². The summed E-state index contributed by atoms with van der Waals surface area (Å²) >= 11 is 0. The third kappa shape index (κ3) is 6.03. The van der Waals surface area contributed by atoms with E-state index in [1.165, 1.54) is 5.56 Å². The molecule has 3 aromatic carbocycles. The van der Waals surface area contributed by atoms with E-state index in [0.717, 1.165) is 49.5 Å². The lowest BCUT2D eigenvalue weighted by Gasteiger charge is -2.33. The number of para-hydroxylation sites is 3. The van der Waals surface area contributed by atoms with E-state index >= 15 is 0 Å². The van der Waals surface area contributed by atoms with Crippen LogP contribution in [0.1, 0.15) is 18.4 Å². The molecule has 1 atom stereocenters. The highest BCUT2D eigenvalue weighted by Gasteiger charge is 2.23. The number of hydrogen-bond donors (Lipinski definition) is 2. The minimum Gasteiger partial charge on any atom is -0.493 e. The van der Waals surface area contributed by atoms with Crippen LogP contribution < -0.4 is 19.5 Å². The summed E-state index contributed by atoms with van der Waals surface area (Å²) < 4.78 is 18.9. The van der Waals surface area contributed by atoms with Crippen LogP contribution >= 0.6 is 0 Å². The molecule has 5 rings (SSSR count). The standard InChI is InChI=1S/C30H36N4O4/c1-36-27-13-8-14-28(37-2)29(27)38-21-24(35)20-33-17-15-23(16-18-33)31-30-32-25-11-6-7-12-26(25)34(30)19-22-9-4-3-5-10-22/h3-14,23-24,35H,15-21H2,1-2H3,(H,31,32). The van der Waals surface area contributed by atoms with Gasteiger partial charge in [0.2, 0.25) is 11.7 Å². The summed E-state index contributed by atoms with van der Waals surface area (Å²) in [6.45, 7) is 3.28. The van der Waals surface area contributed by atoms with Gasteiger partial charge in [-0.15, -0.1) is 0 Å². The normalized spacial score (nSPS) is 15.3. The number of hydrogen-bond acceptors (Lipinski definition) is 7. The molecular formula is C30H36N4O4. The van der Waals surface area contributed by atoms with Gasteiger partial charge in [-0.3, -0.25) is 0 Å². The lowest BCUT2D eigenvalue weighted by Crippen LogP contribution is -2.43. The molecule has 0 spiro atoms. The Bertz CT molecular complexity index is 1300. The van der Waals surface area contributed by atoms with Crippen molar-refractivity contribution in [1.29, 1.82) is 0 Å². The van der Waals surface area contributed by atoms with Crippen molar-refractivity contribution in [1.82, 2.24) is 14.5 Å². The van der Waals surface area contributed by atoms with Crippen molar-refractivity contribution in [3.8, 4) is 17.2 Å². The van der Waals surface area contributed by atoms with Crippen LogP contribution in [0.2, 0.25) is 0 Å². The second kappa shape index (κ2) is 12.2. The van der Waals surface area contributed by atoms with E-state index in [1.54, 1.807) is 14.2 Å². The van der Waals surface area contributed by atoms with E-state index < -0.39 is 6.10 Å². The number of β-amino-alcohol motifs (C(OH)–C–C–N with tert-alkyl or cyclic N) is 1. The summed E-state index contributed by atoms with van der Waals surface area (Å²) in [6.07, 6.45) is 1.33. The number of nitrogens with one attached hydrogen (secondary N) is 1. The second-order valence-corrected chi connectivity index (χ2v) is 9.67. The SMILES string of the molecule is COc1cccc(OC)c1OCC(O)CN1CCC(Nc2nc3ccccc3n2Cc2ccccc2)CC1. The zero-order valence-corrected chi connectivity index (χ0v) is 22.0. The number of piperidine rings is 1. The number of aromatic nitrogens is 2. The molecule has 8 nitrogen and oxygen atoms in total. The molecule has 0 radical (unpaired) electrons. The number of rotatable bonds is 11. The first-order valence-corrected chi connectivity index (χ1v) is 13.1. The van der Waals surface area contributed by atoms with Gasteiger partial charge in [-0.25, -0.2) is 4.98 Å². The summed E-state index contributed by atoms with van der Waals surface area (Å²) in [5.41, 5.74) is 3.37. The Hall–Kier alpha value is -3.75. The van der Waals surface area contributed by atoms with Gasteiger partial charge in [0.15, 0.2) is 11.5 Å². The van der Waals surface area contributed by atoms with Gasteiger partial charge in [0.1, 0.15) is 12.7 Å². The van der Waals surface area contributed by atoms with Gasteiger partial charge in [0, 0.05) is 25.7 Å². The molecule has 200 valence electrons. The predicted molar refractivity (Wildman–Crippen MR) is 149 cm³/mol. The molecule has 8 heteroatoms. The number of imidazole rings is 1. The monoisotopic (exact) mass is 516 g/mol. The Morgan fingerprint density at radius 3 is 2.32 bits per heavy atom. The van der Waals surface area contributed by atoms with Crippen LogP contribution in [0.4, 0.5) is 5.95 Å². The minimum atomic E-state index is -0.621. The molecule has 1 aliphatic heterocycles. The largest absolute Gasteiger partial charge is 0.493 e. The topological polar surface area (TPSA) is 81.0 Å². The van der Waals surface area contributed by atoms with E-state index in [-0.39, 0.29) is 6.61 Å². The highest BCUT2D eigenvalue weighted by atomic mass is 16.5. The molecule has 0 aliphatic carbocycles. The lowest BCUT2D eigenvalue weighted by atomic mass is 10.0. The maximum atomic E-state index is 10.7. The van der Waals surface area contributed by atoms with E-state index in [9.17, 15) is 5.11 Å². The van der Waals surface area contributed by atoms with Gasteiger partial charge in [-0.1, -0.05) is 48.5 Å². The van der Waals surface area contributed by atoms with Crippen molar-refractivity contribution in [2.45, 2.75) is 31.5 Å². The van der Waals surface area contributed by atoms with Crippen LogP contribution in [0.25, 0.3) is 11.0 Å². The number of fused-ring (bicyclic) bond motifs is 1. The number of likely N-dealkylation sites (tertiary alicyclic amines) is 1. The van der Waals surface area contributed by atoms with Crippen molar-refractivity contribution in [2.75, 3.05) is 45.8 Å². The van der Waals surface area contributed by atoms with Crippen LogP contribution in [-0.4, -0.2) is 72.2 Å². The highest BCUT2D eigenvalue weighted by molar-refractivity contribution is 5.78. The van der Waals surface area contributed by atoms with Crippen molar-refractivity contribution >= 4 is 17.0 Å². The number of aliphatic hydroxyl groups excluding tert-OH is 1. The molecule has 1 saturated heterocycles. The van der Waals surface area contributed by atoms with Gasteiger partial charge in [0.25, 0.3) is 0 Å². The number of ether oxygens (including phenoxy) is 3. The molecule has 2 N–H and O–H groups in total. The van der Waals surface area contributed by atoms with Gasteiger partial charge in [-0.05, 0) is 42.7 Å². The van der Waals surface area contributed by atoms with Crippen LogP contribution in [0.5, 0.6) is 17.2 Å². The Kier molecular flexibility index (Phi) is 8.31. The highest BCUT2D eigenvalue weighted by Crippen LogP contribution is 2.36. The Morgan fingerprint density at radius 2 is 1.61 bits per heavy atom. The fourth-order valence-electron chi connectivity index (χ4n) is 5.04. The summed E-state index contributed by atoms with van der Waals surface area (Å²) in [6, 6.07) is 24.6. The molecule has 1 unspecified atom stereocenters. The molecule has 1 fully saturated rings. The van der Waals surface area contributed by atoms with Gasteiger partial charge in [0.05, 0.1) is 31.8 Å². The summed E-state index contributed by atoms with van der Waals surface area (Å²) in [5, 5.41) is 14.4. The van der Waals surface area contributed by atoms with Gasteiger partial charge in [-0.2, -0.15) is 0 Å². The van der Waals surface area contributed by atoms with Crippen LogP contribution in [0.15, 0.2) is 72.8 Å². The van der Waals surface area contributed by atoms with E-state index in [2.05, 4.69) is 57.2 Å². The van der Waals surface area contributed by atoms with Crippen LogP contribution in [-0.2, 0) is 6.54 Å². The van der Waals surface area contributed by atoms with Crippen molar-refractivity contribution in [3.63, 3.8) is 0 Å². The zero-order chi connectivity index (χ0) is 26.3. The fraction of sp³-hybridized carbons (Fsp3) is 0.367. The second-order valence-electron chi connectivity index (χ2n) is 9.67. The number of benzene rings is 3. The van der Waals surface area contributed by atoms with Crippen molar-refractivity contribution in [2.24, 2.45) is 0 Å². The average molecular weight is 517 g/mol. The average Bonchev–Trinajstić information content (AvgIpc) is 3.29. The van der Waals surface area contributed by atoms with E-state index in [4.69, 9.17) is 19.2 Å². The number of anilines is 1. The quantitative estimate of drug-likeness (QED) is 0.306. The first-order valence-electron chi connectivity index (χ1n) is 13.1. The zero-order valence-electron chi connectivity index (χ0n) is 22.0. The molecule has 4 aromatic rings. The summed E-state index contributed by atoms with van der Waals surface area (Å²) in [7, 11) is 3.18. The third-order valence-corrected chi connectivity index (χ3v) is 7.03. The van der Waals surface area contributed by atoms with Gasteiger partial charge < -0.3 is 34.1 Å². The molecule has 2 heterocycles. The molecule has 0 bridgehead atoms. The Morgan fingerprint density at radius 1 is 0.921 bits per heavy atom. The lowest BCUT2D eigenvalue weighted by molar-refractivity contribution is 0.0586. The smallest absolute Gasteiger partial charge is 0.204 e. The van der Waals surface area contributed by atoms with E-state index in [1.807, 2.05) is 30.3 Å². The Balaban J connectivity index is 1.16. The van der Waals surface area contributed by atoms with Gasteiger partial charge >= 0.3 is 0 Å². The maximum Gasteiger partial charge on any atom is 0.204 e. The molecule has 1 aromatic heterocycles. The van der Waals surface area contributed by atoms with E-state index in [0.29, 0.717) is 29.8 Å². The first-order chi connectivity index (χ1) is 18.6. The minimum absolute atomic E-state index is 0.165. The maximum absolute atomic E-state index is 10.7. The molecule has 0 amide bonds. The first kappa shape index (κ1) is 25.9. The van der Waals surface area contributed by atoms with Crippen LogP contribution in [0.3, 0.4) is 0 Å². The molecule has 0 saturated carbocycles. The summed E-state index contributed by atoms with van der Waals surface area (Å²) in [5.74, 6) is 2.59. The summed E-state index contributed by atoms with van der Waals surface area (Å²) in [4.78, 5) is 7.20. The molecular weight excluding hydrogens is 480 g/mol. The fourth-order valence-corrected chi connectivity index (χ4v) is 5.04.